The van der Waals surface area contributed by atoms with Crippen LogP contribution in [-0.4, -0.2) is 40.7 Å². The van der Waals surface area contributed by atoms with E-state index >= 15 is 0 Å². The van der Waals surface area contributed by atoms with Gasteiger partial charge >= 0.3 is 5.97 Å². The molecule has 0 aliphatic carbocycles. The van der Waals surface area contributed by atoms with E-state index in [2.05, 4.69) is 0 Å². The standard InChI is InChI=1S/C22H24O7/c1-24-18-9-15(10-19(25-2)20(18)26-3)12-22(6-7-27-21(22)23)11-14-4-5-16-17(8-14)29-13-28-16/h4-5,8-10H,6-7,11-13H2,1-3H3/t22-/m1/s1. The predicted molar refractivity (Wildman–Crippen MR) is 104 cm³/mol. The third-order valence-electron chi connectivity index (χ3n) is 5.49. The number of carbonyl (C=O) groups is 1. The van der Waals surface area contributed by atoms with Crippen molar-refractivity contribution in [2.75, 3.05) is 34.7 Å². The van der Waals surface area contributed by atoms with Crippen LogP contribution in [0.5, 0.6) is 28.7 Å². The highest BCUT2D eigenvalue weighted by Crippen LogP contribution is 2.43. The minimum Gasteiger partial charge on any atom is -0.493 e. The van der Waals surface area contributed by atoms with Gasteiger partial charge in [-0.3, -0.25) is 4.79 Å². The van der Waals surface area contributed by atoms with Gasteiger partial charge in [0.05, 0.1) is 33.4 Å². The maximum Gasteiger partial charge on any atom is 0.312 e. The highest BCUT2D eigenvalue weighted by Gasteiger charge is 2.45. The number of methoxy groups -OCH3 is 3. The van der Waals surface area contributed by atoms with Gasteiger partial charge in [-0.2, -0.15) is 0 Å². The van der Waals surface area contributed by atoms with Crippen LogP contribution in [-0.2, 0) is 22.4 Å². The fourth-order valence-corrected chi connectivity index (χ4v) is 4.05. The number of rotatable bonds is 7. The summed E-state index contributed by atoms with van der Waals surface area (Å²) < 4.78 is 32.6. The molecule has 29 heavy (non-hydrogen) atoms. The van der Waals surface area contributed by atoms with Gasteiger partial charge in [-0.1, -0.05) is 6.07 Å². The van der Waals surface area contributed by atoms with Gasteiger partial charge in [0.1, 0.15) is 0 Å². The summed E-state index contributed by atoms with van der Waals surface area (Å²) in [7, 11) is 4.72. The van der Waals surface area contributed by atoms with Crippen LogP contribution in [0.1, 0.15) is 17.5 Å². The second-order valence-electron chi connectivity index (χ2n) is 7.24. The zero-order valence-electron chi connectivity index (χ0n) is 16.8. The molecule has 0 bridgehead atoms. The van der Waals surface area contributed by atoms with Gasteiger partial charge in [-0.15, -0.1) is 0 Å². The number of esters is 1. The van der Waals surface area contributed by atoms with Crippen molar-refractivity contribution >= 4 is 5.97 Å². The van der Waals surface area contributed by atoms with Gasteiger partial charge in [0.15, 0.2) is 23.0 Å². The molecular formula is C22H24O7. The van der Waals surface area contributed by atoms with E-state index in [9.17, 15) is 4.79 Å². The van der Waals surface area contributed by atoms with Crippen molar-refractivity contribution in [3.05, 3.63) is 41.5 Å². The molecule has 1 fully saturated rings. The SMILES string of the molecule is COc1cc(C[C@]2(Cc3ccc4c(c3)OCO4)CCOC2=O)cc(OC)c1OC. The summed E-state index contributed by atoms with van der Waals surface area (Å²) in [5.74, 6) is 2.89. The van der Waals surface area contributed by atoms with Gasteiger partial charge in [0, 0.05) is 0 Å². The Morgan fingerprint density at radius 3 is 2.17 bits per heavy atom. The molecule has 0 spiro atoms. The van der Waals surface area contributed by atoms with Crippen molar-refractivity contribution in [1.82, 2.24) is 0 Å². The third-order valence-corrected chi connectivity index (χ3v) is 5.49. The number of carbonyl (C=O) groups excluding carboxylic acids is 1. The largest absolute Gasteiger partial charge is 0.493 e. The van der Waals surface area contributed by atoms with Crippen LogP contribution in [0.4, 0.5) is 0 Å². The molecule has 0 unspecified atom stereocenters. The normalized spacial score (nSPS) is 19.8. The molecule has 7 nitrogen and oxygen atoms in total. The van der Waals surface area contributed by atoms with E-state index in [-0.39, 0.29) is 12.8 Å². The molecule has 0 N–H and O–H groups in total. The monoisotopic (exact) mass is 400 g/mol. The number of hydrogen-bond donors (Lipinski definition) is 0. The summed E-state index contributed by atoms with van der Waals surface area (Å²) in [5.41, 5.74) is 1.25. The second-order valence-corrected chi connectivity index (χ2v) is 7.24. The van der Waals surface area contributed by atoms with Gasteiger partial charge in [0.25, 0.3) is 0 Å². The van der Waals surface area contributed by atoms with E-state index < -0.39 is 5.41 Å². The molecule has 2 heterocycles. The molecule has 0 aromatic heterocycles. The topological polar surface area (TPSA) is 72.5 Å². The fraction of sp³-hybridized carbons (Fsp3) is 0.409. The zero-order valence-corrected chi connectivity index (χ0v) is 16.8. The first-order valence-corrected chi connectivity index (χ1v) is 9.43. The third kappa shape index (κ3) is 3.52. The first kappa shape index (κ1) is 19.2. The minimum absolute atomic E-state index is 0.191. The molecule has 2 aromatic rings. The van der Waals surface area contributed by atoms with Gasteiger partial charge in [-0.05, 0) is 54.7 Å². The minimum atomic E-state index is -0.668. The molecule has 0 amide bonds. The van der Waals surface area contributed by atoms with Gasteiger partial charge < -0.3 is 28.4 Å². The van der Waals surface area contributed by atoms with E-state index in [0.717, 1.165) is 16.9 Å². The Kier molecular flexibility index (Phi) is 5.13. The van der Waals surface area contributed by atoms with Crippen LogP contribution < -0.4 is 23.7 Å². The maximum absolute atomic E-state index is 12.8. The Bertz CT molecular complexity index is 898. The summed E-state index contributed by atoms with van der Waals surface area (Å²) in [4.78, 5) is 12.8. The molecule has 2 aliphatic heterocycles. The van der Waals surface area contributed by atoms with Crippen molar-refractivity contribution in [3.8, 4) is 28.7 Å². The van der Waals surface area contributed by atoms with E-state index in [0.29, 0.717) is 48.9 Å². The molecule has 0 radical (unpaired) electrons. The Morgan fingerprint density at radius 1 is 0.862 bits per heavy atom. The summed E-state index contributed by atoms with van der Waals surface area (Å²) in [6, 6.07) is 9.55. The van der Waals surface area contributed by atoms with Crippen LogP contribution in [0.15, 0.2) is 30.3 Å². The predicted octanol–water partition coefficient (Wildman–Crippen LogP) is 3.16. The highest BCUT2D eigenvalue weighted by atomic mass is 16.7. The molecule has 7 heteroatoms. The smallest absolute Gasteiger partial charge is 0.312 e. The highest BCUT2D eigenvalue weighted by molar-refractivity contribution is 5.79. The molecular weight excluding hydrogens is 376 g/mol. The van der Waals surface area contributed by atoms with Crippen LogP contribution in [0, 0.1) is 5.41 Å². The molecule has 0 saturated carbocycles. The van der Waals surface area contributed by atoms with Crippen LogP contribution >= 0.6 is 0 Å². The van der Waals surface area contributed by atoms with Gasteiger partial charge in [0.2, 0.25) is 12.5 Å². The number of hydrogen-bond acceptors (Lipinski definition) is 7. The summed E-state index contributed by atoms with van der Waals surface area (Å²) in [5, 5.41) is 0. The van der Waals surface area contributed by atoms with Crippen LogP contribution in [0.2, 0.25) is 0 Å². The number of benzene rings is 2. The quantitative estimate of drug-likeness (QED) is 0.661. The molecule has 154 valence electrons. The lowest BCUT2D eigenvalue weighted by Crippen LogP contribution is -2.31. The Balaban J connectivity index is 1.67. The molecule has 1 atom stereocenters. The number of cyclic esters (lactones) is 1. The lowest BCUT2D eigenvalue weighted by atomic mass is 9.75. The Hall–Kier alpha value is -3.09. The average molecular weight is 400 g/mol. The lowest BCUT2D eigenvalue weighted by molar-refractivity contribution is -0.146. The molecule has 1 saturated heterocycles. The Morgan fingerprint density at radius 2 is 1.55 bits per heavy atom. The molecule has 2 aliphatic rings. The van der Waals surface area contributed by atoms with Crippen molar-refractivity contribution in [2.24, 2.45) is 5.41 Å². The van der Waals surface area contributed by atoms with Crippen LogP contribution in [0.3, 0.4) is 0 Å². The van der Waals surface area contributed by atoms with Crippen LogP contribution in [0.25, 0.3) is 0 Å². The van der Waals surface area contributed by atoms with Gasteiger partial charge in [-0.25, -0.2) is 0 Å². The van der Waals surface area contributed by atoms with Crippen molar-refractivity contribution in [3.63, 3.8) is 0 Å². The molecule has 2 aromatic carbocycles. The number of ether oxygens (including phenoxy) is 6. The number of fused-ring (bicyclic) bond motifs is 1. The average Bonchev–Trinajstić information content (AvgIpc) is 3.33. The first-order valence-electron chi connectivity index (χ1n) is 9.43. The van der Waals surface area contributed by atoms with Crippen molar-refractivity contribution in [1.29, 1.82) is 0 Å². The van der Waals surface area contributed by atoms with Crippen molar-refractivity contribution < 1.29 is 33.2 Å². The van der Waals surface area contributed by atoms with E-state index in [1.807, 2.05) is 30.3 Å². The maximum atomic E-state index is 12.8. The van der Waals surface area contributed by atoms with Crippen molar-refractivity contribution in [2.45, 2.75) is 19.3 Å². The van der Waals surface area contributed by atoms with E-state index in [1.165, 1.54) is 0 Å². The lowest BCUT2D eigenvalue weighted by Gasteiger charge is -2.26. The van der Waals surface area contributed by atoms with E-state index in [4.69, 9.17) is 28.4 Å². The summed E-state index contributed by atoms with van der Waals surface area (Å²) >= 11 is 0. The zero-order chi connectivity index (χ0) is 20.4. The fourth-order valence-electron chi connectivity index (χ4n) is 4.05. The summed E-state index contributed by atoms with van der Waals surface area (Å²) in [6.45, 7) is 0.630. The van der Waals surface area contributed by atoms with E-state index in [1.54, 1.807) is 21.3 Å². The Labute approximate surface area is 169 Å². The first-order chi connectivity index (χ1) is 14.1. The summed E-state index contributed by atoms with van der Waals surface area (Å²) in [6.07, 6.45) is 1.67. The second kappa shape index (κ2) is 7.73. The molecule has 4 rings (SSSR count).